The maximum Gasteiger partial charge on any atom is 0.472 e. The van der Waals surface area contributed by atoms with Gasteiger partial charge in [0.05, 0.1) is 26.4 Å². The van der Waals surface area contributed by atoms with E-state index in [1.165, 1.54) is 96.3 Å². The van der Waals surface area contributed by atoms with Crippen LogP contribution >= 0.6 is 15.6 Å². The van der Waals surface area contributed by atoms with E-state index in [1.807, 2.05) is 0 Å². The molecule has 0 fully saturated rings. The Bertz CT molecular complexity index is 2700. The van der Waals surface area contributed by atoms with E-state index in [2.05, 4.69) is 191 Å². The van der Waals surface area contributed by atoms with Crippen LogP contribution in [0.25, 0.3) is 0 Å². The Hall–Kier alpha value is -5.09. The quantitative estimate of drug-likeness (QED) is 0.0146. The molecular weight excluding hydrogens is 1430 g/mol. The van der Waals surface area contributed by atoms with E-state index in [-0.39, 0.29) is 19.3 Å². The van der Waals surface area contributed by atoms with Gasteiger partial charge in [-0.05, 0) is 154 Å². The number of carbonyl (C=O) groups is 3. The summed E-state index contributed by atoms with van der Waals surface area (Å²) in [7, 11) is -9.81. The minimum Gasteiger partial charge on any atom is -0.463 e. The lowest BCUT2D eigenvalue weighted by Crippen LogP contribution is -2.30. The number of aliphatic hydroxyl groups is 2. The molecule has 0 spiro atoms. The molecule has 0 saturated heterocycles. The number of rotatable bonds is 81. The average molecular weight is 1590 g/mol. The molecule has 0 aliphatic carbocycles. The van der Waals surface area contributed by atoms with Crippen molar-refractivity contribution in [3.05, 3.63) is 170 Å². The monoisotopic (exact) mass is 1590 g/mol. The molecule has 0 aromatic heterocycles. The lowest BCUT2D eigenvalue weighted by atomic mass is 10.0. The molecule has 0 saturated carbocycles. The standard InChI is InChI=1S/C93H156O16P2/c1-4-7-10-13-16-19-22-25-28-31-34-36-38-40-41-42-43-44-45-47-49-50-53-55-58-61-64-67-70-73-76-79-91(96)103-82-88(94)83-105-110(99,100)106-84-89(95)85-107-111(101,102)108-87-90(109-93(98)81-78-75-72-69-66-63-60-57-52-33-30-27-24-21-18-15-12-9-6-3)86-104-92(97)80-77-74-71-68-65-62-59-56-54-51-48-46-39-37-35-32-29-26-23-20-17-14-11-8-5-2/h7-8,10-11,16-21,25-30,34-37,40-41,43-44,46,48,52,57,88-90,94-95H,4-6,9,12-15,22-24,31-33,38-39,42,45,47,49-51,53-56,58-87H2,1-3H3,(H,99,100)(H,101,102)/b10-7-,11-8-,19-16-,20-17-,21-18-,28-25-,29-26-,30-27-,36-34-,37-35-,41-40-,44-43-,48-46-,57-52-. The highest BCUT2D eigenvalue weighted by Crippen LogP contribution is 2.45. The number of esters is 3. The summed E-state index contributed by atoms with van der Waals surface area (Å²) in [5.74, 6) is -1.60. The number of phosphoric ester groups is 2. The highest BCUT2D eigenvalue weighted by molar-refractivity contribution is 7.47. The Kier molecular flexibility index (Phi) is 80.4. The predicted octanol–water partition coefficient (Wildman–Crippen LogP) is 26.3. The topological polar surface area (TPSA) is 231 Å². The van der Waals surface area contributed by atoms with Crippen molar-refractivity contribution in [3.63, 3.8) is 0 Å². The van der Waals surface area contributed by atoms with Gasteiger partial charge in [-0.2, -0.15) is 0 Å². The molecule has 0 heterocycles. The van der Waals surface area contributed by atoms with Crippen molar-refractivity contribution in [2.45, 2.75) is 360 Å². The third kappa shape index (κ3) is 85.6. The van der Waals surface area contributed by atoms with E-state index in [1.54, 1.807) is 0 Å². The van der Waals surface area contributed by atoms with Gasteiger partial charge in [0, 0.05) is 19.3 Å². The van der Waals surface area contributed by atoms with Crippen LogP contribution in [-0.4, -0.2) is 95.9 Å². The number of phosphoric acid groups is 2. The van der Waals surface area contributed by atoms with E-state index < -0.39 is 91.5 Å². The van der Waals surface area contributed by atoms with E-state index in [9.17, 15) is 43.5 Å². The summed E-state index contributed by atoms with van der Waals surface area (Å²) in [5.41, 5.74) is 0. The Morgan fingerprint density at radius 3 is 0.757 bits per heavy atom. The summed E-state index contributed by atoms with van der Waals surface area (Å²) in [6.45, 7) is 2.42. The molecule has 0 aromatic rings. The van der Waals surface area contributed by atoms with Crippen LogP contribution < -0.4 is 0 Å². The summed E-state index contributed by atoms with van der Waals surface area (Å²) >= 11 is 0. The number of allylic oxidation sites excluding steroid dienone is 28. The third-order valence-electron chi connectivity index (χ3n) is 17.9. The molecular formula is C93H156O16P2. The fraction of sp³-hybridized carbons (Fsp3) is 0.667. The first kappa shape index (κ1) is 106. The number of hydrogen-bond acceptors (Lipinski definition) is 14. The molecule has 111 heavy (non-hydrogen) atoms. The minimum atomic E-state index is -4.95. The van der Waals surface area contributed by atoms with Gasteiger partial charge < -0.3 is 34.2 Å². The Labute approximate surface area is 675 Å². The zero-order valence-corrected chi connectivity index (χ0v) is 71.4. The predicted molar refractivity (Wildman–Crippen MR) is 463 cm³/mol. The second kappa shape index (κ2) is 84.3. The second-order valence-electron chi connectivity index (χ2n) is 28.6. The molecule has 5 atom stereocenters. The zero-order valence-electron chi connectivity index (χ0n) is 69.6. The van der Waals surface area contributed by atoms with E-state index in [0.717, 1.165) is 186 Å². The van der Waals surface area contributed by atoms with Crippen LogP contribution in [0.5, 0.6) is 0 Å². The first-order chi connectivity index (χ1) is 54.2. The molecule has 0 aliphatic rings. The van der Waals surface area contributed by atoms with E-state index >= 15 is 0 Å². The van der Waals surface area contributed by atoms with Crippen molar-refractivity contribution < 1.29 is 75.8 Å². The Morgan fingerprint density at radius 2 is 0.477 bits per heavy atom. The van der Waals surface area contributed by atoms with Crippen LogP contribution in [0.2, 0.25) is 0 Å². The van der Waals surface area contributed by atoms with Crippen LogP contribution in [-0.2, 0) is 55.8 Å². The number of carbonyl (C=O) groups excluding carboxylic acids is 3. The van der Waals surface area contributed by atoms with Gasteiger partial charge in [0.1, 0.15) is 25.4 Å². The molecule has 5 unspecified atom stereocenters. The van der Waals surface area contributed by atoms with Crippen molar-refractivity contribution in [2.75, 3.05) is 39.6 Å². The summed E-state index contributed by atoms with van der Waals surface area (Å²) in [5, 5.41) is 20.7. The van der Waals surface area contributed by atoms with Gasteiger partial charge in [-0.25, -0.2) is 9.13 Å². The van der Waals surface area contributed by atoms with Crippen LogP contribution in [0.15, 0.2) is 170 Å². The Morgan fingerprint density at radius 1 is 0.261 bits per heavy atom. The number of ether oxygens (including phenoxy) is 3. The SMILES string of the molecule is CC/C=C\C/C=C\C/C=C\C/C=C\C/C=C\C/C=C\CCCCCCCCCCCCCCC(=O)OCC(O)COP(=O)(O)OCC(O)COP(=O)(O)OCC(COC(=O)CCCCCCCCCCC/C=C\C/C=C\C/C=C\C/C=C\C/C=C\CC)OC(=O)CCCCCCCC/C=C\C/C=C\C/C=C\CCCCC. The normalized spacial score (nSPS) is 14.7. The van der Waals surface area contributed by atoms with Crippen molar-refractivity contribution >= 4 is 33.6 Å². The number of unbranched alkanes of at least 4 members (excludes halogenated alkanes) is 30. The fourth-order valence-corrected chi connectivity index (χ4v) is 13.0. The molecule has 0 amide bonds. The van der Waals surface area contributed by atoms with Crippen LogP contribution in [0.3, 0.4) is 0 Å². The van der Waals surface area contributed by atoms with Crippen LogP contribution in [0.1, 0.15) is 342 Å². The maximum absolute atomic E-state index is 13.0. The van der Waals surface area contributed by atoms with Gasteiger partial charge in [-0.3, -0.25) is 32.5 Å². The van der Waals surface area contributed by atoms with Crippen molar-refractivity contribution in [3.8, 4) is 0 Å². The van der Waals surface area contributed by atoms with Crippen LogP contribution in [0, 0.1) is 0 Å². The summed E-state index contributed by atoms with van der Waals surface area (Å²) in [4.78, 5) is 58.9. The highest BCUT2D eigenvalue weighted by Gasteiger charge is 2.29. The maximum atomic E-state index is 13.0. The molecule has 16 nitrogen and oxygen atoms in total. The lowest BCUT2D eigenvalue weighted by molar-refractivity contribution is -0.161. The smallest absolute Gasteiger partial charge is 0.463 e. The van der Waals surface area contributed by atoms with Gasteiger partial charge in [0.25, 0.3) is 0 Å². The average Bonchev–Trinajstić information content (AvgIpc) is 0.895. The van der Waals surface area contributed by atoms with Crippen molar-refractivity contribution in [1.29, 1.82) is 0 Å². The fourth-order valence-electron chi connectivity index (χ4n) is 11.4. The first-order valence-corrected chi connectivity index (χ1v) is 46.4. The first-order valence-electron chi connectivity index (χ1n) is 43.4. The summed E-state index contributed by atoms with van der Waals surface area (Å²) in [6.07, 6.45) is 108. The van der Waals surface area contributed by atoms with Crippen LogP contribution in [0.4, 0.5) is 0 Å². The summed E-state index contributed by atoms with van der Waals surface area (Å²) in [6, 6.07) is 0. The summed E-state index contributed by atoms with van der Waals surface area (Å²) < 4.78 is 61.4. The van der Waals surface area contributed by atoms with Gasteiger partial charge >= 0.3 is 33.6 Å². The molecule has 4 N–H and O–H groups in total. The molecule has 0 rings (SSSR count). The minimum absolute atomic E-state index is 0.0843. The van der Waals surface area contributed by atoms with Gasteiger partial charge in [0.2, 0.25) is 0 Å². The molecule has 0 radical (unpaired) electrons. The second-order valence-corrected chi connectivity index (χ2v) is 31.5. The number of hydrogen-bond donors (Lipinski definition) is 4. The van der Waals surface area contributed by atoms with Crippen molar-refractivity contribution in [2.24, 2.45) is 0 Å². The number of aliphatic hydroxyl groups excluding tert-OH is 2. The Balaban J connectivity index is 4.60. The van der Waals surface area contributed by atoms with Gasteiger partial charge in [-0.15, -0.1) is 0 Å². The highest BCUT2D eigenvalue weighted by atomic mass is 31.2. The van der Waals surface area contributed by atoms with E-state index in [4.69, 9.17) is 32.3 Å². The molecule has 18 heteroatoms. The molecule has 0 aliphatic heterocycles. The van der Waals surface area contributed by atoms with E-state index in [0.29, 0.717) is 19.3 Å². The largest absolute Gasteiger partial charge is 0.472 e. The lowest BCUT2D eigenvalue weighted by Gasteiger charge is -2.21. The zero-order chi connectivity index (χ0) is 80.8. The third-order valence-corrected chi connectivity index (χ3v) is 19.8. The molecule has 634 valence electrons. The van der Waals surface area contributed by atoms with Crippen molar-refractivity contribution in [1.82, 2.24) is 0 Å². The van der Waals surface area contributed by atoms with Gasteiger partial charge in [0.15, 0.2) is 6.10 Å². The molecule has 0 bridgehead atoms. The molecule has 0 aromatic carbocycles. The van der Waals surface area contributed by atoms with Gasteiger partial charge in [-0.1, -0.05) is 339 Å².